The predicted octanol–water partition coefficient (Wildman–Crippen LogP) is 1.94. The monoisotopic (exact) mass is 228 g/mol. The molecule has 0 amide bonds. The minimum atomic E-state index is 0.555. The van der Waals surface area contributed by atoms with Crippen molar-refractivity contribution in [1.82, 2.24) is 4.98 Å². The quantitative estimate of drug-likeness (QED) is 0.599. The highest BCUT2D eigenvalue weighted by atomic mass is 32.1. The fourth-order valence-corrected chi connectivity index (χ4v) is 1.83. The smallest absolute Gasteiger partial charge is 0.193 e. The fraction of sp³-hybridized carbons (Fsp3) is 0. The van der Waals surface area contributed by atoms with Gasteiger partial charge in [-0.15, -0.1) is 11.3 Å². The molecule has 1 aromatic heterocycles. The zero-order chi connectivity index (χ0) is 11.4. The van der Waals surface area contributed by atoms with E-state index in [4.69, 9.17) is 5.73 Å². The van der Waals surface area contributed by atoms with E-state index in [1.165, 1.54) is 11.3 Å². The van der Waals surface area contributed by atoms with Crippen LogP contribution in [0.2, 0.25) is 0 Å². The van der Waals surface area contributed by atoms with Crippen molar-refractivity contribution in [3.63, 3.8) is 0 Å². The van der Waals surface area contributed by atoms with Crippen molar-refractivity contribution in [1.29, 1.82) is 0 Å². The Morgan fingerprint density at radius 1 is 1.31 bits per heavy atom. The molecule has 16 heavy (non-hydrogen) atoms. The minimum absolute atomic E-state index is 0.555. The Morgan fingerprint density at radius 3 is 2.62 bits per heavy atom. The molecule has 2 N–H and O–H groups in total. The molecular weight excluding hydrogens is 220 g/mol. The lowest BCUT2D eigenvalue weighted by atomic mass is 10.1. The lowest BCUT2D eigenvalue weighted by molar-refractivity contribution is -0.103. The van der Waals surface area contributed by atoms with E-state index in [1.807, 2.05) is 29.6 Å². The SMILES string of the molecule is Nc1nc(-c2ccc(C#CC=O)cc2)cs1. The molecular formula is C12H8N2OS. The number of benzene rings is 1. The van der Waals surface area contributed by atoms with Crippen LogP contribution in [0.5, 0.6) is 0 Å². The molecule has 0 saturated carbocycles. The van der Waals surface area contributed by atoms with Crippen molar-refractivity contribution < 1.29 is 4.79 Å². The first-order valence-corrected chi connectivity index (χ1v) is 5.44. The number of anilines is 1. The maximum Gasteiger partial charge on any atom is 0.193 e. The second-order valence-corrected chi connectivity index (χ2v) is 3.93. The second kappa shape index (κ2) is 4.60. The number of hydrogen-bond acceptors (Lipinski definition) is 4. The number of hydrogen-bond donors (Lipinski definition) is 1. The van der Waals surface area contributed by atoms with Crippen LogP contribution in [0.15, 0.2) is 29.6 Å². The molecule has 0 aliphatic carbocycles. The van der Waals surface area contributed by atoms with Gasteiger partial charge in [-0.2, -0.15) is 0 Å². The minimum Gasteiger partial charge on any atom is -0.375 e. The van der Waals surface area contributed by atoms with Crippen molar-refractivity contribution in [2.24, 2.45) is 0 Å². The first-order chi connectivity index (χ1) is 7.79. The van der Waals surface area contributed by atoms with E-state index in [2.05, 4.69) is 16.8 Å². The molecule has 2 aromatic rings. The van der Waals surface area contributed by atoms with Gasteiger partial charge in [0.1, 0.15) is 0 Å². The first kappa shape index (κ1) is 10.4. The molecule has 1 aromatic carbocycles. The summed E-state index contributed by atoms with van der Waals surface area (Å²) in [6.45, 7) is 0. The molecule has 2 rings (SSSR count). The zero-order valence-corrected chi connectivity index (χ0v) is 9.12. The number of nitrogens with zero attached hydrogens (tertiary/aromatic N) is 1. The van der Waals surface area contributed by atoms with Gasteiger partial charge in [0, 0.05) is 16.5 Å². The number of nitrogens with two attached hydrogens (primary N) is 1. The van der Waals surface area contributed by atoms with Crippen molar-refractivity contribution in [2.45, 2.75) is 0 Å². The summed E-state index contributed by atoms with van der Waals surface area (Å²) in [6.07, 6.45) is 0.578. The number of carbonyl (C=O) groups excluding carboxylic acids is 1. The summed E-state index contributed by atoms with van der Waals surface area (Å²) in [6, 6.07) is 7.51. The van der Waals surface area contributed by atoms with Crippen LogP contribution in [-0.4, -0.2) is 11.3 Å². The maximum atomic E-state index is 10.1. The van der Waals surface area contributed by atoms with Crippen LogP contribution in [-0.2, 0) is 4.79 Å². The number of aromatic nitrogens is 1. The average molecular weight is 228 g/mol. The Balaban J connectivity index is 2.29. The molecule has 0 saturated heterocycles. The van der Waals surface area contributed by atoms with Gasteiger partial charge in [-0.1, -0.05) is 18.1 Å². The van der Waals surface area contributed by atoms with Crippen molar-refractivity contribution in [3.05, 3.63) is 35.2 Å². The van der Waals surface area contributed by atoms with E-state index >= 15 is 0 Å². The van der Waals surface area contributed by atoms with Crippen LogP contribution in [0.4, 0.5) is 5.13 Å². The van der Waals surface area contributed by atoms with E-state index in [0.717, 1.165) is 16.8 Å². The summed E-state index contributed by atoms with van der Waals surface area (Å²) in [7, 11) is 0. The molecule has 0 unspecified atom stereocenters. The summed E-state index contributed by atoms with van der Waals surface area (Å²) < 4.78 is 0. The molecule has 0 aliphatic rings. The van der Waals surface area contributed by atoms with Gasteiger partial charge in [-0.05, 0) is 18.1 Å². The average Bonchev–Trinajstić information content (AvgIpc) is 2.74. The van der Waals surface area contributed by atoms with E-state index in [1.54, 1.807) is 0 Å². The molecule has 0 bridgehead atoms. The highest BCUT2D eigenvalue weighted by Crippen LogP contribution is 2.22. The fourth-order valence-electron chi connectivity index (χ4n) is 1.26. The van der Waals surface area contributed by atoms with Gasteiger partial charge >= 0.3 is 0 Å². The zero-order valence-electron chi connectivity index (χ0n) is 8.31. The van der Waals surface area contributed by atoms with Gasteiger partial charge in [-0.3, -0.25) is 4.79 Å². The Bertz CT molecular complexity index is 561. The molecule has 4 heteroatoms. The van der Waals surface area contributed by atoms with Crippen molar-refractivity contribution >= 4 is 22.8 Å². The van der Waals surface area contributed by atoms with Gasteiger partial charge in [0.15, 0.2) is 11.4 Å². The lowest BCUT2D eigenvalue weighted by Gasteiger charge is -1.96. The topological polar surface area (TPSA) is 56.0 Å². The van der Waals surface area contributed by atoms with Gasteiger partial charge < -0.3 is 5.73 Å². The van der Waals surface area contributed by atoms with E-state index in [-0.39, 0.29) is 0 Å². The summed E-state index contributed by atoms with van der Waals surface area (Å²) in [5.41, 5.74) is 8.21. The van der Waals surface area contributed by atoms with Crippen molar-refractivity contribution in [3.8, 4) is 23.1 Å². The van der Waals surface area contributed by atoms with Crippen LogP contribution in [0.25, 0.3) is 11.3 Å². The third kappa shape index (κ3) is 2.27. The van der Waals surface area contributed by atoms with Crippen LogP contribution in [0.1, 0.15) is 5.56 Å². The molecule has 0 radical (unpaired) electrons. The van der Waals surface area contributed by atoms with E-state index < -0.39 is 0 Å². The molecule has 0 atom stereocenters. The third-order valence-electron chi connectivity index (χ3n) is 1.98. The predicted molar refractivity (Wildman–Crippen MR) is 64.9 cm³/mol. The molecule has 0 spiro atoms. The summed E-state index contributed by atoms with van der Waals surface area (Å²) in [5, 5.41) is 2.46. The Kier molecular flexibility index (Phi) is 2.99. The number of rotatable bonds is 1. The van der Waals surface area contributed by atoms with Crippen LogP contribution >= 0.6 is 11.3 Å². The Morgan fingerprint density at radius 2 is 2.06 bits per heavy atom. The second-order valence-electron chi connectivity index (χ2n) is 3.04. The van der Waals surface area contributed by atoms with E-state index in [0.29, 0.717) is 11.4 Å². The Hall–Kier alpha value is -2.12. The standard InChI is InChI=1S/C12H8N2OS/c13-12-14-11(8-16-12)10-5-3-9(4-6-10)2-1-7-15/h3-8H,(H2,13,14). The largest absolute Gasteiger partial charge is 0.375 e. The number of aldehydes is 1. The van der Waals surface area contributed by atoms with Gasteiger partial charge in [0.05, 0.1) is 5.69 Å². The molecule has 3 nitrogen and oxygen atoms in total. The van der Waals surface area contributed by atoms with Gasteiger partial charge in [0.2, 0.25) is 0 Å². The van der Waals surface area contributed by atoms with Crippen LogP contribution < -0.4 is 5.73 Å². The van der Waals surface area contributed by atoms with Gasteiger partial charge in [-0.25, -0.2) is 4.98 Å². The lowest BCUT2D eigenvalue weighted by Crippen LogP contribution is -1.83. The van der Waals surface area contributed by atoms with E-state index in [9.17, 15) is 4.79 Å². The molecule has 1 heterocycles. The van der Waals surface area contributed by atoms with Crippen LogP contribution in [0, 0.1) is 11.8 Å². The number of nitrogen functional groups attached to an aromatic ring is 1. The highest BCUT2D eigenvalue weighted by Gasteiger charge is 2.01. The summed E-state index contributed by atoms with van der Waals surface area (Å²) in [5.74, 6) is 5.08. The maximum absolute atomic E-state index is 10.1. The highest BCUT2D eigenvalue weighted by molar-refractivity contribution is 7.13. The Labute approximate surface area is 96.9 Å². The van der Waals surface area contributed by atoms with Crippen LogP contribution in [0.3, 0.4) is 0 Å². The number of thiazole rings is 1. The molecule has 0 fully saturated rings. The summed E-state index contributed by atoms with van der Waals surface area (Å²) >= 11 is 1.41. The third-order valence-corrected chi connectivity index (χ3v) is 2.65. The van der Waals surface area contributed by atoms with Gasteiger partial charge in [0.25, 0.3) is 0 Å². The molecule has 0 aliphatic heterocycles. The first-order valence-electron chi connectivity index (χ1n) is 4.56. The number of carbonyl (C=O) groups is 1. The summed E-state index contributed by atoms with van der Waals surface area (Å²) in [4.78, 5) is 14.3. The normalized spacial score (nSPS) is 9.25. The molecule has 78 valence electrons. The van der Waals surface area contributed by atoms with Crippen molar-refractivity contribution in [2.75, 3.05) is 5.73 Å².